The van der Waals surface area contributed by atoms with Crippen LogP contribution in [0.1, 0.15) is 0 Å². The minimum Gasteiger partial charge on any atom is -0.281 e. The maximum absolute atomic E-state index is 4.19. The molecular weight excluding hydrogens is 671 g/mol. The van der Waals surface area contributed by atoms with Crippen LogP contribution in [0, 0.1) is 0 Å². The minimum atomic E-state index is 1.21. The molecule has 0 spiro atoms. The van der Waals surface area contributed by atoms with Gasteiger partial charge < -0.3 is 0 Å². The zero-order valence-electron chi connectivity index (χ0n) is 29.7. The van der Waals surface area contributed by atoms with Crippen molar-refractivity contribution in [3.05, 3.63) is 206 Å². The summed E-state index contributed by atoms with van der Waals surface area (Å²) in [6.07, 6.45) is 0. The van der Waals surface area contributed by atoms with Gasteiger partial charge in [0.25, 0.3) is 0 Å². The lowest BCUT2D eigenvalue weighted by molar-refractivity contribution is 1.59. The van der Waals surface area contributed by atoms with Gasteiger partial charge in [0, 0.05) is 0 Å². The fourth-order valence-electron chi connectivity index (χ4n) is 8.21. The summed E-state index contributed by atoms with van der Waals surface area (Å²) in [4.78, 5) is 0. The number of hydrogen-bond donors (Lipinski definition) is 2. The highest BCUT2D eigenvalue weighted by molar-refractivity contribution is 7.77. The van der Waals surface area contributed by atoms with E-state index in [0.717, 1.165) is 0 Å². The van der Waals surface area contributed by atoms with E-state index in [9.17, 15) is 0 Å². The van der Waals surface area contributed by atoms with Gasteiger partial charge in [0.2, 0.25) is 0 Å². The molecule has 2 heteroatoms. The van der Waals surface area contributed by atoms with E-state index in [2.05, 4.69) is 224 Å². The van der Waals surface area contributed by atoms with Crippen molar-refractivity contribution in [1.29, 1.82) is 0 Å². The summed E-state index contributed by atoms with van der Waals surface area (Å²) >= 11 is 3.03. The Morgan fingerprint density at radius 1 is 0.241 bits per heavy atom. The van der Waals surface area contributed by atoms with Crippen LogP contribution in [0.5, 0.6) is 0 Å². The molecule has 0 bridgehead atoms. The molecule has 0 saturated heterocycles. The topological polar surface area (TPSA) is 26.0 Å². The average Bonchev–Trinajstić information content (AvgIpc) is 3.26. The van der Waals surface area contributed by atoms with Gasteiger partial charge >= 0.3 is 0 Å². The summed E-state index contributed by atoms with van der Waals surface area (Å²) < 4.78 is 0. The molecule has 10 aromatic carbocycles. The van der Waals surface area contributed by atoms with E-state index in [-0.39, 0.29) is 0 Å². The Morgan fingerprint density at radius 2 is 0.667 bits per heavy atom. The molecule has 2 N–H and O–H groups in total. The first-order chi connectivity index (χ1) is 26.8. The van der Waals surface area contributed by atoms with Crippen LogP contribution in [0.4, 0.5) is 0 Å². The van der Waals surface area contributed by atoms with Crippen molar-refractivity contribution in [1.82, 2.24) is 0 Å². The van der Waals surface area contributed by atoms with Crippen LogP contribution in [-0.2, 0) is 0 Å². The van der Waals surface area contributed by atoms with Crippen molar-refractivity contribution in [3.8, 4) is 55.6 Å². The number of nitrogens with two attached hydrogens (primary N) is 1. The molecule has 10 rings (SSSR count). The summed E-state index contributed by atoms with van der Waals surface area (Å²) in [5.74, 6) is 0. The minimum absolute atomic E-state index is 1.21. The number of fused-ring (bicyclic) bond motifs is 4. The standard InChI is InChI=1S/C52H34.H3NS/c1-2-14-37(15-3-1)43-31-32-44(46-20-7-6-19-45(43)46)41-18-12-17-40(33-41)36-25-28-38(29-26-36)51-47-21-8-10-23-49(47)52(50-24-11-9-22-48(50)51)42-30-27-35-13-4-5-16-39(35)34-42;1-2/h1-34H;2H,1H2. The van der Waals surface area contributed by atoms with E-state index in [1.807, 2.05) is 0 Å². The molecule has 1 nitrogen and oxygen atoms in total. The van der Waals surface area contributed by atoms with Gasteiger partial charge in [-0.1, -0.05) is 194 Å². The fraction of sp³-hybridized carbons (Fsp3) is 0. The van der Waals surface area contributed by atoms with Crippen molar-refractivity contribution < 1.29 is 0 Å². The van der Waals surface area contributed by atoms with Crippen LogP contribution in [-0.4, -0.2) is 0 Å². The zero-order valence-corrected chi connectivity index (χ0v) is 30.5. The van der Waals surface area contributed by atoms with Crippen LogP contribution in [0.15, 0.2) is 206 Å². The second-order valence-corrected chi connectivity index (χ2v) is 13.6. The first kappa shape index (κ1) is 33.4. The number of benzene rings is 10. The predicted octanol–water partition coefficient (Wildman–Crippen LogP) is 14.4. The first-order valence-corrected chi connectivity index (χ1v) is 18.8. The van der Waals surface area contributed by atoms with Gasteiger partial charge in [0.05, 0.1) is 0 Å². The smallest absolute Gasteiger partial charge is 0.00262 e. The van der Waals surface area contributed by atoms with Gasteiger partial charge in [0.1, 0.15) is 0 Å². The lowest BCUT2D eigenvalue weighted by Crippen LogP contribution is -1.91. The molecule has 0 saturated carbocycles. The molecule has 0 amide bonds. The lowest BCUT2D eigenvalue weighted by atomic mass is 9.85. The van der Waals surface area contributed by atoms with Gasteiger partial charge in [-0.25, -0.2) is 0 Å². The molecule has 0 radical (unpaired) electrons. The van der Waals surface area contributed by atoms with Crippen LogP contribution >= 0.6 is 12.8 Å². The van der Waals surface area contributed by atoms with Crippen molar-refractivity contribution in [2.45, 2.75) is 0 Å². The Kier molecular flexibility index (Phi) is 8.98. The zero-order chi connectivity index (χ0) is 36.4. The summed E-state index contributed by atoms with van der Waals surface area (Å²) in [5.41, 5.74) is 12.4. The normalized spacial score (nSPS) is 11.1. The maximum atomic E-state index is 4.19. The molecule has 256 valence electrons. The Labute approximate surface area is 321 Å². The van der Waals surface area contributed by atoms with Gasteiger partial charge in [-0.05, 0) is 111 Å². The molecule has 0 aromatic heterocycles. The Hall–Kier alpha value is -6.45. The molecule has 0 aliphatic rings. The molecule has 0 aliphatic heterocycles. The third-order valence-electron chi connectivity index (χ3n) is 10.7. The Balaban J connectivity index is 0.00000189. The maximum Gasteiger partial charge on any atom is -0.00262 e. The van der Waals surface area contributed by atoms with E-state index in [0.29, 0.717) is 0 Å². The second kappa shape index (κ2) is 14.5. The average molecular weight is 708 g/mol. The van der Waals surface area contributed by atoms with Crippen LogP contribution in [0.3, 0.4) is 0 Å². The third-order valence-corrected chi connectivity index (χ3v) is 10.7. The third kappa shape index (κ3) is 5.92. The van der Waals surface area contributed by atoms with Crippen LogP contribution in [0.25, 0.3) is 98.7 Å². The van der Waals surface area contributed by atoms with Gasteiger partial charge in [-0.2, -0.15) is 0 Å². The van der Waals surface area contributed by atoms with E-state index < -0.39 is 0 Å². The molecule has 0 atom stereocenters. The summed E-state index contributed by atoms with van der Waals surface area (Å²) in [5, 5.41) is 14.3. The van der Waals surface area contributed by atoms with Gasteiger partial charge in [-0.3, -0.25) is 5.14 Å². The van der Waals surface area contributed by atoms with Crippen molar-refractivity contribution in [2.24, 2.45) is 5.14 Å². The molecule has 0 unspecified atom stereocenters. The molecule has 0 heterocycles. The van der Waals surface area contributed by atoms with E-state index in [4.69, 9.17) is 0 Å². The van der Waals surface area contributed by atoms with E-state index in [1.165, 1.54) is 98.7 Å². The highest BCUT2D eigenvalue weighted by Crippen LogP contribution is 2.44. The molecule has 0 fully saturated rings. The number of hydrogen-bond acceptors (Lipinski definition) is 2. The lowest BCUT2D eigenvalue weighted by Gasteiger charge is -2.18. The fourth-order valence-corrected chi connectivity index (χ4v) is 8.21. The molecule has 10 aromatic rings. The summed E-state index contributed by atoms with van der Waals surface area (Å²) in [6.45, 7) is 0. The van der Waals surface area contributed by atoms with Crippen molar-refractivity contribution in [3.63, 3.8) is 0 Å². The van der Waals surface area contributed by atoms with Gasteiger partial charge in [-0.15, -0.1) is 12.8 Å². The number of rotatable bonds is 5. The van der Waals surface area contributed by atoms with Crippen molar-refractivity contribution >= 4 is 55.9 Å². The summed E-state index contributed by atoms with van der Waals surface area (Å²) in [7, 11) is 0. The molecule has 54 heavy (non-hydrogen) atoms. The molecular formula is C52H37NS. The largest absolute Gasteiger partial charge is 0.281 e. The van der Waals surface area contributed by atoms with Crippen LogP contribution < -0.4 is 5.14 Å². The van der Waals surface area contributed by atoms with Crippen molar-refractivity contribution in [2.75, 3.05) is 0 Å². The predicted molar refractivity (Wildman–Crippen MR) is 237 cm³/mol. The van der Waals surface area contributed by atoms with E-state index in [1.54, 1.807) is 0 Å². The Morgan fingerprint density at radius 3 is 1.28 bits per heavy atom. The second-order valence-electron chi connectivity index (χ2n) is 13.6. The molecule has 0 aliphatic carbocycles. The monoisotopic (exact) mass is 707 g/mol. The quantitative estimate of drug-likeness (QED) is 0.135. The number of thiol groups is 1. The van der Waals surface area contributed by atoms with Crippen LogP contribution in [0.2, 0.25) is 0 Å². The highest BCUT2D eigenvalue weighted by atomic mass is 32.1. The highest BCUT2D eigenvalue weighted by Gasteiger charge is 2.17. The van der Waals surface area contributed by atoms with Gasteiger partial charge in [0.15, 0.2) is 0 Å². The van der Waals surface area contributed by atoms with E-state index >= 15 is 0 Å². The first-order valence-electron chi connectivity index (χ1n) is 18.3. The summed E-state index contributed by atoms with van der Waals surface area (Å²) in [6, 6.07) is 75.4. The SMILES string of the molecule is NS.c1ccc(-c2ccc(-c3cccc(-c4ccc(-c5c6ccccc6c(-c6ccc7ccccc7c6)c6ccccc56)cc4)c3)c3ccccc23)cc1. The Bertz CT molecular complexity index is 2890.